The Hall–Kier alpha value is -2.49. The van der Waals surface area contributed by atoms with Crippen molar-refractivity contribution in [2.45, 2.75) is 20.5 Å². The van der Waals surface area contributed by atoms with Crippen LogP contribution in [0, 0.1) is 13.8 Å². The molecule has 2 aromatic rings. The van der Waals surface area contributed by atoms with Crippen molar-refractivity contribution in [2.75, 3.05) is 6.61 Å². The van der Waals surface area contributed by atoms with Crippen LogP contribution >= 0.6 is 0 Å². The second-order valence-electron chi connectivity index (χ2n) is 4.97. The average Bonchev–Trinajstić information content (AvgIpc) is 2.41. The summed E-state index contributed by atoms with van der Waals surface area (Å²) in [5.41, 5.74) is 8.67. The first-order valence-electron chi connectivity index (χ1n) is 6.74. The molecule has 0 unspecified atom stereocenters. The Morgan fingerprint density at radius 3 is 2.48 bits per heavy atom. The summed E-state index contributed by atoms with van der Waals surface area (Å²) in [5.74, 6) is 1.27. The van der Waals surface area contributed by atoms with Crippen molar-refractivity contribution in [2.24, 2.45) is 5.73 Å². The Morgan fingerprint density at radius 2 is 1.95 bits per heavy atom. The second kappa shape index (κ2) is 6.79. The zero-order valence-corrected chi connectivity index (χ0v) is 12.3. The fraction of sp³-hybridized carbons (Fsp3) is 0.235. The third-order valence-corrected chi connectivity index (χ3v) is 2.97. The number of nitrogens with two attached hydrogens (primary N) is 1. The zero-order chi connectivity index (χ0) is 15.2. The number of rotatable bonds is 3. The Bertz CT molecular complexity index is 638. The van der Waals surface area contributed by atoms with Gasteiger partial charge in [-0.2, -0.15) is 0 Å². The number of hydrogen-bond donors (Lipinski definition) is 1. The van der Waals surface area contributed by atoms with Crippen LogP contribution in [0.15, 0.2) is 42.5 Å². The highest BCUT2D eigenvalue weighted by Crippen LogP contribution is 2.28. The minimum absolute atomic E-state index is 0.0660. The van der Waals surface area contributed by atoms with E-state index in [0.29, 0.717) is 5.75 Å². The van der Waals surface area contributed by atoms with Gasteiger partial charge >= 0.3 is 0 Å². The smallest absolute Gasteiger partial charge is 0.255 e. The molecule has 1 amide bonds. The first-order chi connectivity index (χ1) is 10.0. The minimum atomic E-state index is -0.462. The van der Waals surface area contributed by atoms with Gasteiger partial charge in [0.05, 0.1) is 0 Å². The first-order valence-corrected chi connectivity index (χ1v) is 6.74. The lowest BCUT2D eigenvalue weighted by Gasteiger charge is -2.19. The Morgan fingerprint density at radius 1 is 1.19 bits per heavy atom. The van der Waals surface area contributed by atoms with Crippen LogP contribution in [0.25, 0.3) is 0 Å². The quantitative estimate of drug-likeness (QED) is 0.943. The summed E-state index contributed by atoms with van der Waals surface area (Å²) in [7, 11) is 0. The average molecular weight is 285 g/mol. The molecule has 0 spiro atoms. The summed E-state index contributed by atoms with van der Waals surface area (Å²) in [4.78, 5) is 10.4. The maximum atomic E-state index is 10.4. The zero-order valence-electron chi connectivity index (χ0n) is 12.3. The molecule has 0 radical (unpaired) electrons. The molecule has 3 rings (SSSR count). The van der Waals surface area contributed by atoms with E-state index >= 15 is 0 Å². The van der Waals surface area contributed by atoms with Gasteiger partial charge in [0.15, 0.2) is 6.61 Å². The summed E-state index contributed by atoms with van der Waals surface area (Å²) in [5, 5.41) is 0. The molecule has 1 heterocycles. The van der Waals surface area contributed by atoms with Crippen LogP contribution < -0.4 is 15.2 Å². The number of fused-ring (bicyclic) bond motifs is 1. The van der Waals surface area contributed by atoms with Crippen molar-refractivity contribution >= 4 is 5.91 Å². The van der Waals surface area contributed by atoms with Gasteiger partial charge in [0.1, 0.15) is 18.1 Å². The van der Waals surface area contributed by atoms with E-state index in [1.54, 1.807) is 6.07 Å². The van der Waals surface area contributed by atoms with E-state index in [4.69, 9.17) is 15.2 Å². The molecule has 0 saturated carbocycles. The molecule has 21 heavy (non-hydrogen) atoms. The number of ether oxygens (including phenoxy) is 2. The molecule has 2 aromatic carbocycles. The van der Waals surface area contributed by atoms with Gasteiger partial charge in [0, 0.05) is 5.56 Å². The van der Waals surface area contributed by atoms with Crippen LogP contribution in [0.3, 0.4) is 0 Å². The summed E-state index contributed by atoms with van der Waals surface area (Å²) in [6.07, 6.45) is 0. The molecule has 0 bridgehead atoms. The Labute approximate surface area is 124 Å². The van der Waals surface area contributed by atoms with E-state index in [0.717, 1.165) is 17.9 Å². The van der Waals surface area contributed by atoms with Crippen LogP contribution in [0.5, 0.6) is 11.5 Å². The van der Waals surface area contributed by atoms with Crippen molar-refractivity contribution in [1.29, 1.82) is 0 Å². The van der Waals surface area contributed by atoms with Crippen molar-refractivity contribution in [3.05, 3.63) is 59.2 Å². The number of benzene rings is 2. The monoisotopic (exact) mass is 285 g/mol. The van der Waals surface area contributed by atoms with Gasteiger partial charge < -0.3 is 15.2 Å². The lowest BCUT2D eigenvalue weighted by molar-refractivity contribution is -0.119. The van der Waals surface area contributed by atoms with Gasteiger partial charge in [-0.05, 0) is 43.7 Å². The highest BCUT2D eigenvalue weighted by Gasteiger charge is 2.12. The van der Waals surface area contributed by atoms with Crippen LogP contribution in [0.4, 0.5) is 0 Å². The van der Waals surface area contributed by atoms with E-state index in [9.17, 15) is 4.79 Å². The fourth-order valence-electron chi connectivity index (χ4n) is 1.90. The third-order valence-electron chi connectivity index (χ3n) is 2.97. The Balaban J connectivity index is 0.000000159. The Kier molecular flexibility index (Phi) is 4.82. The molecule has 110 valence electrons. The molecular weight excluding hydrogens is 266 g/mol. The van der Waals surface area contributed by atoms with E-state index in [-0.39, 0.29) is 6.61 Å². The van der Waals surface area contributed by atoms with Gasteiger partial charge in [0.2, 0.25) is 0 Å². The summed E-state index contributed by atoms with van der Waals surface area (Å²) in [6, 6.07) is 13.7. The molecule has 1 aliphatic rings. The predicted molar refractivity (Wildman–Crippen MR) is 81.4 cm³/mol. The first kappa shape index (κ1) is 14.9. The van der Waals surface area contributed by atoms with E-state index < -0.39 is 5.91 Å². The van der Waals surface area contributed by atoms with Gasteiger partial charge in [-0.1, -0.05) is 23.8 Å². The SMILES string of the molecule is Cc1ccc2c(c1)CO2.Cc1cccc(OCC(N)=O)c1. The van der Waals surface area contributed by atoms with Crippen molar-refractivity contribution < 1.29 is 14.3 Å². The minimum Gasteiger partial charge on any atom is -0.488 e. The van der Waals surface area contributed by atoms with Crippen LogP contribution in [-0.4, -0.2) is 12.5 Å². The maximum Gasteiger partial charge on any atom is 0.255 e. The van der Waals surface area contributed by atoms with Crippen molar-refractivity contribution in [3.8, 4) is 11.5 Å². The molecule has 2 N–H and O–H groups in total. The third kappa shape index (κ3) is 4.53. The molecule has 0 aliphatic carbocycles. The fourth-order valence-corrected chi connectivity index (χ4v) is 1.90. The molecule has 0 saturated heterocycles. The van der Waals surface area contributed by atoms with Gasteiger partial charge in [0.25, 0.3) is 5.91 Å². The largest absolute Gasteiger partial charge is 0.488 e. The number of carbonyl (C=O) groups is 1. The van der Waals surface area contributed by atoms with E-state index in [1.807, 2.05) is 31.2 Å². The number of hydrogen-bond acceptors (Lipinski definition) is 3. The van der Waals surface area contributed by atoms with Gasteiger partial charge in [-0.25, -0.2) is 0 Å². The molecule has 4 heteroatoms. The predicted octanol–water partition coefficient (Wildman–Crippen LogP) is 2.75. The number of aryl methyl sites for hydroxylation is 2. The van der Waals surface area contributed by atoms with E-state index in [2.05, 4.69) is 19.1 Å². The van der Waals surface area contributed by atoms with Gasteiger partial charge in [-0.15, -0.1) is 0 Å². The van der Waals surface area contributed by atoms with Crippen LogP contribution in [0.2, 0.25) is 0 Å². The van der Waals surface area contributed by atoms with Gasteiger partial charge in [-0.3, -0.25) is 4.79 Å². The lowest BCUT2D eigenvalue weighted by Crippen LogP contribution is -2.19. The number of primary amides is 1. The van der Waals surface area contributed by atoms with E-state index in [1.165, 1.54) is 11.1 Å². The highest BCUT2D eigenvalue weighted by atomic mass is 16.5. The normalized spacial score (nSPS) is 11.1. The lowest BCUT2D eigenvalue weighted by atomic mass is 10.1. The topological polar surface area (TPSA) is 61.6 Å². The van der Waals surface area contributed by atoms with Crippen LogP contribution in [0.1, 0.15) is 16.7 Å². The molecule has 0 fully saturated rings. The molecule has 0 atom stereocenters. The molecule has 4 nitrogen and oxygen atoms in total. The van der Waals surface area contributed by atoms with Crippen LogP contribution in [-0.2, 0) is 11.4 Å². The summed E-state index contributed by atoms with van der Waals surface area (Å²) < 4.78 is 10.2. The summed E-state index contributed by atoms with van der Waals surface area (Å²) >= 11 is 0. The molecule has 1 aliphatic heterocycles. The highest BCUT2D eigenvalue weighted by molar-refractivity contribution is 5.75. The summed E-state index contributed by atoms with van der Waals surface area (Å²) in [6.45, 7) is 4.79. The standard InChI is InChI=1S/C9H11NO2.C8H8O/c1-7-3-2-4-8(5-7)12-6-9(10)11;1-6-2-3-8-7(4-6)5-9-8/h2-5H,6H2,1H3,(H2,10,11);2-4H,5H2,1H3. The number of amides is 1. The molecule has 0 aromatic heterocycles. The molecular formula is C17H19NO3. The van der Waals surface area contributed by atoms with Crippen molar-refractivity contribution in [1.82, 2.24) is 0 Å². The number of carbonyl (C=O) groups excluding carboxylic acids is 1. The maximum absolute atomic E-state index is 10.4. The second-order valence-corrected chi connectivity index (χ2v) is 4.97. The van der Waals surface area contributed by atoms with Crippen molar-refractivity contribution in [3.63, 3.8) is 0 Å².